The average Bonchev–Trinajstić information content (AvgIpc) is 2.78. The van der Waals surface area contributed by atoms with Gasteiger partial charge in [0, 0.05) is 18.2 Å². The summed E-state index contributed by atoms with van der Waals surface area (Å²) in [4.78, 5) is 24.6. The Labute approximate surface area is 184 Å². The van der Waals surface area contributed by atoms with Crippen molar-refractivity contribution >= 4 is 21.7 Å². The minimum absolute atomic E-state index is 0.0611. The van der Waals surface area contributed by atoms with Crippen molar-refractivity contribution in [2.45, 2.75) is 62.9 Å². The molecule has 2 atom stereocenters. The standard InChI is InChI=1S/C24H30N2O4S/c1-18(11-12-20-8-4-3-5-9-20)25-24(28)23-10-6-7-17-26(23)31(29,30)22-15-13-21(14-16-22)19(2)27/h3-5,8-9,13-16,18,23H,6-7,10-12,17H2,1-2H3,(H,25,28). The summed E-state index contributed by atoms with van der Waals surface area (Å²) in [6, 6.07) is 15.2. The number of rotatable bonds is 8. The fourth-order valence-corrected chi connectivity index (χ4v) is 5.55. The molecule has 2 aromatic rings. The highest BCUT2D eigenvalue weighted by Gasteiger charge is 2.37. The fraction of sp³-hybridized carbons (Fsp3) is 0.417. The van der Waals surface area contributed by atoms with Gasteiger partial charge in [-0.15, -0.1) is 0 Å². The van der Waals surface area contributed by atoms with Gasteiger partial charge in [-0.25, -0.2) is 8.42 Å². The third kappa shape index (κ3) is 5.80. The van der Waals surface area contributed by atoms with Crippen molar-refractivity contribution in [3.8, 4) is 0 Å². The Hall–Kier alpha value is -2.51. The molecule has 1 saturated heterocycles. The molecule has 0 bridgehead atoms. The van der Waals surface area contributed by atoms with Crippen molar-refractivity contribution < 1.29 is 18.0 Å². The first-order valence-corrected chi connectivity index (χ1v) is 12.2. The van der Waals surface area contributed by atoms with E-state index in [1.165, 1.54) is 41.1 Å². The van der Waals surface area contributed by atoms with E-state index in [1.807, 2.05) is 25.1 Å². The molecule has 6 nitrogen and oxygen atoms in total. The van der Waals surface area contributed by atoms with Crippen LogP contribution >= 0.6 is 0 Å². The number of hydrogen-bond donors (Lipinski definition) is 1. The minimum Gasteiger partial charge on any atom is -0.352 e. The molecule has 0 aromatic heterocycles. The minimum atomic E-state index is -3.83. The molecule has 1 fully saturated rings. The molecule has 3 rings (SSSR count). The molecule has 0 saturated carbocycles. The summed E-state index contributed by atoms with van der Waals surface area (Å²) in [5.41, 5.74) is 1.67. The van der Waals surface area contributed by atoms with Gasteiger partial charge in [-0.1, -0.05) is 48.9 Å². The number of nitrogens with one attached hydrogen (secondary N) is 1. The van der Waals surface area contributed by atoms with Crippen LogP contribution in [-0.4, -0.2) is 43.0 Å². The van der Waals surface area contributed by atoms with Crippen LogP contribution in [0.25, 0.3) is 0 Å². The quantitative estimate of drug-likeness (QED) is 0.634. The number of Topliss-reactive ketones (excluding diaryl/α,β-unsaturated/α-hetero) is 1. The molecule has 7 heteroatoms. The molecule has 0 aliphatic carbocycles. The van der Waals surface area contributed by atoms with Crippen LogP contribution in [0.1, 0.15) is 55.5 Å². The van der Waals surface area contributed by atoms with E-state index in [0.29, 0.717) is 18.5 Å². The number of aryl methyl sites for hydroxylation is 1. The number of amides is 1. The number of piperidine rings is 1. The molecular weight excluding hydrogens is 412 g/mol. The maximum atomic E-state index is 13.2. The van der Waals surface area contributed by atoms with E-state index in [-0.39, 0.29) is 22.6 Å². The number of carbonyl (C=O) groups excluding carboxylic acids is 2. The smallest absolute Gasteiger partial charge is 0.243 e. The summed E-state index contributed by atoms with van der Waals surface area (Å²) < 4.78 is 27.8. The Morgan fingerprint density at radius 2 is 1.74 bits per heavy atom. The Morgan fingerprint density at radius 1 is 1.06 bits per heavy atom. The van der Waals surface area contributed by atoms with Crippen LogP contribution in [0.5, 0.6) is 0 Å². The van der Waals surface area contributed by atoms with Gasteiger partial charge in [0.15, 0.2) is 5.78 Å². The van der Waals surface area contributed by atoms with Gasteiger partial charge in [0.05, 0.1) is 4.90 Å². The number of nitrogens with zero attached hydrogens (tertiary/aromatic N) is 1. The number of sulfonamides is 1. The molecule has 2 unspecified atom stereocenters. The first-order chi connectivity index (χ1) is 14.8. The second kappa shape index (κ2) is 10.2. The van der Waals surface area contributed by atoms with Gasteiger partial charge in [-0.05, 0) is 57.2 Å². The predicted octanol–water partition coefficient (Wildman–Crippen LogP) is 3.57. The molecule has 0 radical (unpaired) electrons. The molecule has 1 aliphatic rings. The van der Waals surface area contributed by atoms with E-state index < -0.39 is 16.1 Å². The topological polar surface area (TPSA) is 83.6 Å². The number of carbonyl (C=O) groups is 2. The van der Waals surface area contributed by atoms with Crippen LogP contribution in [0.3, 0.4) is 0 Å². The molecule has 1 heterocycles. The summed E-state index contributed by atoms with van der Waals surface area (Å²) >= 11 is 0. The zero-order valence-corrected chi connectivity index (χ0v) is 18.9. The lowest BCUT2D eigenvalue weighted by Gasteiger charge is -2.34. The SMILES string of the molecule is CC(=O)c1ccc(S(=O)(=O)N2CCCCC2C(=O)NC(C)CCc2ccccc2)cc1. The maximum absolute atomic E-state index is 13.2. The van der Waals surface area contributed by atoms with Gasteiger partial charge in [0.1, 0.15) is 6.04 Å². The normalized spacial score (nSPS) is 18.3. The second-order valence-electron chi connectivity index (χ2n) is 8.14. The van der Waals surface area contributed by atoms with Crippen LogP contribution in [0, 0.1) is 0 Å². The summed E-state index contributed by atoms with van der Waals surface area (Å²) in [5, 5.41) is 3.01. The third-order valence-electron chi connectivity index (χ3n) is 5.72. The van der Waals surface area contributed by atoms with Gasteiger partial charge < -0.3 is 5.32 Å². The summed E-state index contributed by atoms with van der Waals surface area (Å²) in [5.74, 6) is -0.368. The first kappa shape index (κ1) is 23.2. The zero-order chi connectivity index (χ0) is 22.4. The van der Waals surface area contributed by atoms with Crippen molar-refractivity contribution in [2.24, 2.45) is 0 Å². The highest BCUT2D eigenvalue weighted by atomic mass is 32.2. The Balaban J connectivity index is 1.68. The van der Waals surface area contributed by atoms with Gasteiger partial charge >= 0.3 is 0 Å². The lowest BCUT2D eigenvalue weighted by atomic mass is 10.0. The third-order valence-corrected chi connectivity index (χ3v) is 7.64. The molecule has 166 valence electrons. The number of ketones is 1. The Kier molecular flexibility index (Phi) is 7.62. The van der Waals surface area contributed by atoms with E-state index in [9.17, 15) is 18.0 Å². The average molecular weight is 443 g/mol. The van der Waals surface area contributed by atoms with Crippen LogP contribution in [-0.2, 0) is 21.2 Å². The van der Waals surface area contributed by atoms with E-state index in [0.717, 1.165) is 25.7 Å². The fourth-order valence-electron chi connectivity index (χ4n) is 3.89. The van der Waals surface area contributed by atoms with Gasteiger partial charge in [-0.2, -0.15) is 4.31 Å². The van der Waals surface area contributed by atoms with Crippen LogP contribution < -0.4 is 5.32 Å². The molecule has 1 aliphatic heterocycles. The van der Waals surface area contributed by atoms with Gasteiger partial charge in [0.25, 0.3) is 0 Å². The van der Waals surface area contributed by atoms with Crippen molar-refractivity contribution in [1.82, 2.24) is 9.62 Å². The number of benzene rings is 2. The summed E-state index contributed by atoms with van der Waals surface area (Å²) in [6.45, 7) is 3.70. The molecular formula is C24H30N2O4S. The van der Waals surface area contributed by atoms with Crippen molar-refractivity contribution in [3.05, 3.63) is 65.7 Å². The van der Waals surface area contributed by atoms with Crippen LogP contribution in [0.2, 0.25) is 0 Å². The molecule has 1 N–H and O–H groups in total. The Bertz CT molecular complexity index is 1000. The van der Waals surface area contributed by atoms with Crippen molar-refractivity contribution in [1.29, 1.82) is 0 Å². The van der Waals surface area contributed by atoms with Crippen molar-refractivity contribution in [3.63, 3.8) is 0 Å². The van der Waals surface area contributed by atoms with E-state index in [4.69, 9.17) is 0 Å². The lowest BCUT2D eigenvalue weighted by molar-refractivity contribution is -0.126. The molecule has 1 amide bonds. The van der Waals surface area contributed by atoms with Gasteiger partial charge in [-0.3, -0.25) is 9.59 Å². The second-order valence-corrected chi connectivity index (χ2v) is 10.0. The van der Waals surface area contributed by atoms with E-state index in [2.05, 4.69) is 17.4 Å². The summed E-state index contributed by atoms with van der Waals surface area (Å²) in [7, 11) is -3.83. The zero-order valence-electron chi connectivity index (χ0n) is 18.1. The van der Waals surface area contributed by atoms with Crippen LogP contribution in [0.15, 0.2) is 59.5 Å². The van der Waals surface area contributed by atoms with Crippen molar-refractivity contribution in [2.75, 3.05) is 6.54 Å². The van der Waals surface area contributed by atoms with E-state index in [1.54, 1.807) is 0 Å². The maximum Gasteiger partial charge on any atom is 0.243 e. The predicted molar refractivity (Wildman–Crippen MR) is 120 cm³/mol. The van der Waals surface area contributed by atoms with E-state index >= 15 is 0 Å². The summed E-state index contributed by atoms with van der Waals surface area (Å²) in [6.07, 6.45) is 3.66. The highest BCUT2D eigenvalue weighted by Crippen LogP contribution is 2.26. The molecule has 31 heavy (non-hydrogen) atoms. The first-order valence-electron chi connectivity index (χ1n) is 10.8. The number of hydrogen-bond acceptors (Lipinski definition) is 4. The highest BCUT2D eigenvalue weighted by molar-refractivity contribution is 7.89. The van der Waals surface area contributed by atoms with Gasteiger partial charge in [0.2, 0.25) is 15.9 Å². The van der Waals surface area contributed by atoms with Crippen LogP contribution in [0.4, 0.5) is 0 Å². The molecule has 0 spiro atoms. The Morgan fingerprint density at radius 3 is 2.39 bits per heavy atom. The lowest BCUT2D eigenvalue weighted by Crippen LogP contribution is -2.53. The molecule has 2 aromatic carbocycles. The largest absolute Gasteiger partial charge is 0.352 e. The monoisotopic (exact) mass is 442 g/mol.